The van der Waals surface area contributed by atoms with Crippen molar-refractivity contribution in [2.45, 2.75) is 75.9 Å². The lowest BCUT2D eigenvalue weighted by atomic mass is 9.78. The lowest BCUT2D eigenvalue weighted by Crippen LogP contribution is -2.63. The Hall–Kier alpha value is -3.42. The summed E-state index contributed by atoms with van der Waals surface area (Å²) in [7, 11) is 3.89. The van der Waals surface area contributed by atoms with Gasteiger partial charge in [-0.2, -0.15) is 0 Å². The van der Waals surface area contributed by atoms with Crippen LogP contribution in [0.15, 0.2) is 79.0 Å². The lowest BCUT2D eigenvalue weighted by molar-refractivity contribution is -0.104. The number of ether oxygens (including phenoxy) is 1. The number of benzene rings is 2. The number of carbonyl (C=O) groups is 2. The molecule has 2 atom stereocenters. The predicted molar refractivity (Wildman–Crippen MR) is 182 cm³/mol. The summed E-state index contributed by atoms with van der Waals surface area (Å²) in [6, 6.07) is 21.3. The number of hydrogen-bond donors (Lipinski definition) is 1. The van der Waals surface area contributed by atoms with Gasteiger partial charge in [0, 0.05) is 39.8 Å². The van der Waals surface area contributed by atoms with Gasteiger partial charge in [0.2, 0.25) is 0 Å². The molecule has 1 aliphatic carbocycles. The van der Waals surface area contributed by atoms with Gasteiger partial charge in [-0.15, -0.1) is 0 Å². The molecule has 2 amide bonds. The highest BCUT2D eigenvalue weighted by Gasteiger charge is 2.43. The molecule has 1 N–H and O–H groups in total. The standard InChI is InChI=1S/C25H37N3O2.C13H15NO/c1-24(18-30-19-24)26-21-10-15-28(22(16-21)20-8-3-2-4-9-20)23(29)27-14-7-13-25(17-27)11-5-6-12-25;1-14(2)10-8-13(9-11-15)12-6-4-3-5-7-12/h2-4,8-9,21-22,26H,5-7,10-19H2,1H3;3-11H,1-2H3/b;10-8-,13-9+. The predicted octanol–water partition coefficient (Wildman–Crippen LogP) is 6.69. The Morgan fingerprint density at radius 3 is 2.24 bits per heavy atom. The van der Waals surface area contributed by atoms with Crippen LogP contribution in [0.4, 0.5) is 4.79 Å². The van der Waals surface area contributed by atoms with Crippen molar-refractivity contribution in [3.63, 3.8) is 0 Å². The van der Waals surface area contributed by atoms with E-state index in [-0.39, 0.29) is 17.6 Å². The second-order valence-corrected chi connectivity index (χ2v) is 14.0. The van der Waals surface area contributed by atoms with E-state index >= 15 is 0 Å². The summed E-state index contributed by atoms with van der Waals surface area (Å²) in [5.41, 5.74) is 3.73. The number of carbonyl (C=O) groups excluding carboxylic acids is 2. The number of allylic oxidation sites excluding steroid dienone is 3. The molecule has 2 aromatic carbocycles. The molecule has 3 aliphatic heterocycles. The van der Waals surface area contributed by atoms with E-state index in [4.69, 9.17) is 4.74 Å². The molecule has 2 aromatic rings. The number of likely N-dealkylation sites (tertiary alicyclic amines) is 2. The minimum Gasteiger partial charge on any atom is -0.383 e. The van der Waals surface area contributed by atoms with Gasteiger partial charge in [-0.3, -0.25) is 4.79 Å². The average molecular weight is 613 g/mol. The van der Waals surface area contributed by atoms with Gasteiger partial charge < -0.3 is 24.8 Å². The van der Waals surface area contributed by atoms with Crippen molar-refractivity contribution in [1.82, 2.24) is 20.0 Å². The summed E-state index contributed by atoms with van der Waals surface area (Å²) in [4.78, 5) is 30.6. The fourth-order valence-corrected chi connectivity index (χ4v) is 7.57. The van der Waals surface area contributed by atoms with Crippen LogP contribution in [0, 0.1) is 5.41 Å². The van der Waals surface area contributed by atoms with Crippen LogP contribution >= 0.6 is 0 Å². The number of aldehydes is 1. The molecule has 6 rings (SSSR count). The third kappa shape index (κ3) is 8.65. The number of amides is 2. The van der Waals surface area contributed by atoms with Crippen LogP contribution in [-0.2, 0) is 9.53 Å². The van der Waals surface area contributed by atoms with Gasteiger partial charge in [0.25, 0.3) is 0 Å². The molecule has 7 nitrogen and oxygen atoms in total. The molecular weight excluding hydrogens is 560 g/mol. The topological polar surface area (TPSA) is 65.1 Å². The minimum atomic E-state index is 0.0970. The van der Waals surface area contributed by atoms with Gasteiger partial charge >= 0.3 is 6.03 Å². The Morgan fingerprint density at radius 2 is 1.62 bits per heavy atom. The van der Waals surface area contributed by atoms with E-state index in [0.29, 0.717) is 11.5 Å². The molecule has 3 saturated heterocycles. The van der Waals surface area contributed by atoms with Gasteiger partial charge in [-0.25, -0.2) is 4.79 Å². The second kappa shape index (κ2) is 15.2. The number of piperidine rings is 2. The molecule has 3 heterocycles. The zero-order chi connectivity index (χ0) is 31.7. The first-order chi connectivity index (χ1) is 21.8. The maximum absolute atomic E-state index is 13.7. The quantitative estimate of drug-likeness (QED) is 0.214. The summed E-state index contributed by atoms with van der Waals surface area (Å²) in [5.74, 6) is 0. The van der Waals surface area contributed by atoms with Crippen LogP contribution < -0.4 is 5.32 Å². The first-order valence-electron chi connectivity index (χ1n) is 16.8. The Morgan fingerprint density at radius 1 is 0.956 bits per heavy atom. The molecule has 45 heavy (non-hydrogen) atoms. The molecule has 0 bridgehead atoms. The zero-order valence-electron chi connectivity index (χ0n) is 27.5. The van der Waals surface area contributed by atoms with Crippen LogP contribution in [0.1, 0.15) is 75.5 Å². The van der Waals surface area contributed by atoms with Crippen molar-refractivity contribution >= 4 is 17.9 Å². The normalized spacial score (nSPS) is 24.1. The fourth-order valence-electron chi connectivity index (χ4n) is 7.57. The maximum Gasteiger partial charge on any atom is 0.320 e. The molecule has 1 spiro atoms. The zero-order valence-corrected chi connectivity index (χ0v) is 27.5. The van der Waals surface area contributed by atoms with Gasteiger partial charge in [-0.1, -0.05) is 73.5 Å². The lowest BCUT2D eigenvalue weighted by Gasteiger charge is -2.48. The van der Waals surface area contributed by atoms with E-state index in [1.807, 2.05) is 61.6 Å². The minimum absolute atomic E-state index is 0.0970. The molecule has 242 valence electrons. The molecule has 4 fully saturated rings. The van der Waals surface area contributed by atoms with E-state index in [1.165, 1.54) is 37.7 Å². The summed E-state index contributed by atoms with van der Waals surface area (Å²) in [5, 5.41) is 3.83. The van der Waals surface area contributed by atoms with Crippen LogP contribution in [0.3, 0.4) is 0 Å². The van der Waals surface area contributed by atoms with Crippen molar-refractivity contribution < 1.29 is 14.3 Å². The Balaban J connectivity index is 0.000000226. The van der Waals surface area contributed by atoms with E-state index in [1.54, 1.807) is 6.08 Å². The molecular formula is C38H52N4O3. The summed E-state index contributed by atoms with van der Waals surface area (Å²) in [6.07, 6.45) is 16.0. The highest BCUT2D eigenvalue weighted by molar-refractivity contribution is 5.86. The third-order valence-electron chi connectivity index (χ3n) is 9.93. The fraction of sp³-hybridized carbons (Fsp3) is 0.526. The van der Waals surface area contributed by atoms with E-state index in [2.05, 4.69) is 52.4 Å². The number of hydrogen-bond acceptors (Lipinski definition) is 5. The number of urea groups is 1. The summed E-state index contributed by atoms with van der Waals surface area (Å²) >= 11 is 0. The molecule has 0 radical (unpaired) electrons. The van der Waals surface area contributed by atoms with Gasteiger partial charge in [-0.05, 0) is 85.9 Å². The van der Waals surface area contributed by atoms with E-state index in [0.717, 1.165) is 69.5 Å². The number of nitrogens with one attached hydrogen (secondary N) is 1. The SMILES string of the molecule is CC1(NC2CCN(C(=O)N3CCCC4(CCCC4)C3)C(c3ccccc3)C2)COC1.CN(C)/C=C\C(=C/C=O)c1ccccc1. The Kier molecular flexibility index (Phi) is 11.2. The molecule has 4 aliphatic rings. The van der Waals surface area contributed by atoms with Crippen LogP contribution in [0.2, 0.25) is 0 Å². The first kappa shape index (κ1) is 33.0. The van der Waals surface area contributed by atoms with E-state index in [9.17, 15) is 9.59 Å². The van der Waals surface area contributed by atoms with Crippen molar-refractivity contribution in [3.05, 3.63) is 90.1 Å². The van der Waals surface area contributed by atoms with E-state index < -0.39 is 0 Å². The van der Waals surface area contributed by atoms with Crippen LogP contribution in [0.25, 0.3) is 5.57 Å². The molecule has 0 aromatic heterocycles. The summed E-state index contributed by atoms with van der Waals surface area (Å²) in [6.45, 7) is 6.56. The monoisotopic (exact) mass is 612 g/mol. The largest absolute Gasteiger partial charge is 0.383 e. The highest BCUT2D eigenvalue weighted by atomic mass is 16.5. The Labute approximate surface area is 270 Å². The first-order valence-corrected chi connectivity index (χ1v) is 16.8. The van der Waals surface area contributed by atoms with Gasteiger partial charge in [0.15, 0.2) is 0 Å². The van der Waals surface area contributed by atoms with Gasteiger partial charge in [0.1, 0.15) is 6.29 Å². The van der Waals surface area contributed by atoms with Crippen LogP contribution in [-0.4, -0.2) is 85.5 Å². The number of rotatable bonds is 7. The van der Waals surface area contributed by atoms with Crippen molar-refractivity contribution in [2.75, 3.05) is 46.9 Å². The molecule has 7 heteroatoms. The van der Waals surface area contributed by atoms with Crippen LogP contribution in [0.5, 0.6) is 0 Å². The highest BCUT2D eigenvalue weighted by Crippen LogP contribution is 2.45. The maximum atomic E-state index is 13.7. The molecule has 1 saturated carbocycles. The van der Waals surface area contributed by atoms with Crippen molar-refractivity contribution in [2.24, 2.45) is 5.41 Å². The van der Waals surface area contributed by atoms with Crippen molar-refractivity contribution in [3.8, 4) is 0 Å². The number of nitrogens with zero attached hydrogens (tertiary/aromatic N) is 3. The average Bonchev–Trinajstić information content (AvgIpc) is 3.50. The second-order valence-electron chi connectivity index (χ2n) is 14.0. The third-order valence-corrected chi connectivity index (χ3v) is 9.93. The van der Waals surface area contributed by atoms with Crippen molar-refractivity contribution in [1.29, 1.82) is 0 Å². The Bertz CT molecular complexity index is 1300. The smallest absolute Gasteiger partial charge is 0.320 e. The molecule has 2 unspecified atom stereocenters. The van der Waals surface area contributed by atoms with Gasteiger partial charge in [0.05, 0.1) is 24.8 Å². The summed E-state index contributed by atoms with van der Waals surface area (Å²) < 4.78 is 5.44.